The van der Waals surface area contributed by atoms with Crippen LogP contribution in [0, 0.1) is 0 Å². The molecule has 1 fully saturated rings. The smallest absolute Gasteiger partial charge is 0.334 e. The maximum atomic E-state index is 12.4. The Morgan fingerprint density at radius 1 is 1.08 bits per heavy atom. The number of carbonyl (C=O) groups excluding carboxylic acids is 2. The molecule has 0 spiro atoms. The summed E-state index contributed by atoms with van der Waals surface area (Å²) in [5, 5.41) is 4.04. The molecule has 7 heteroatoms. The summed E-state index contributed by atoms with van der Waals surface area (Å²) in [6.45, 7) is 3.98. The van der Waals surface area contributed by atoms with Crippen LogP contribution < -0.4 is 11.2 Å². The Labute approximate surface area is 149 Å². The van der Waals surface area contributed by atoms with Gasteiger partial charge in [-0.1, -0.05) is 37.1 Å². The summed E-state index contributed by atoms with van der Waals surface area (Å²) in [5.41, 5.74) is 1.99. The van der Waals surface area contributed by atoms with E-state index in [2.05, 4.69) is 5.32 Å². The van der Waals surface area contributed by atoms with Gasteiger partial charge in [0.15, 0.2) is 0 Å². The van der Waals surface area contributed by atoms with Crippen molar-refractivity contribution in [1.82, 2.24) is 15.2 Å². The molecule has 0 radical (unpaired) electrons. The molecule has 1 saturated heterocycles. The fourth-order valence-electron chi connectivity index (χ4n) is 2.70. The first-order chi connectivity index (χ1) is 11.1. The van der Waals surface area contributed by atoms with Crippen LogP contribution in [0.4, 0.5) is 4.79 Å². The van der Waals surface area contributed by atoms with Crippen molar-refractivity contribution in [3.05, 3.63) is 35.4 Å². The third kappa shape index (κ3) is 6.37. The Hall–Kier alpha value is -1.79. The van der Waals surface area contributed by atoms with Crippen LogP contribution in [0.25, 0.3) is 0 Å². The van der Waals surface area contributed by atoms with Crippen molar-refractivity contribution in [2.45, 2.75) is 45.7 Å². The van der Waals surface area contributed by atoms with E-state index in [4.69, 9.17) is 5.84 Å². The molecule has 134 valence electrons. The molecule has 0 atom stereocenters. The van der Waals surface area contributed by atoms with E-state index in [9.17, 15) is 9.59 Å². The van der Waals surface area contributed by atoms with Crippen LogP contribution in [0.15, 0.2) is 24.3 Å². The fourth-order valence-corrected chi connectivity index (χ4v) is 2.70. The lowest BCUT2D eigenvalue weighted by atomic mass is 10.1. The van der Waals surface area contributed by atoms with Gasteiger partial charge in [-0.2, -0.15) is 0 Å². The highest BCUT2D eigenvalue weighted by Crippen LogP contribution is 2.12. The zero-order valence-electron chi connectivity index (χ0n) is 14.2. The minimum absolute atomic E-state index is 0. The molecule has 0 saturated carbocycles. The summed E-state index contributed by atoms with van der Waals surface area (Å²) in [6.07, 6.45) is 4.48. The molecule has 0 aliphatic carbocycles. The van der Waals surface area contributed by atoms with Crippen molar-refractivity contribution >= 4 is 24.3 Å². The molecule has 0 unspecified atom stereocenters. The highest BCUT2D eigenvalue weighted by molar-refractivity contribution is 5.85. The van der Waals surface area contributed by atoms with Gasteiger partial charge in [0.25, 0.3) is 0 Å². The average molecular weight is 355 g/mol. The molecule has 24 heavy (non-hydrogen) atoms. The first-order valence-electron chi connectivity index (χ1n) is 8.19. The molecule has 3 amide bonds. The molecule has 1 aliphatic rings. The molecule has 1 aromatic carbocycles. The normalized spacial score (nSPS) is 14.3. The number of carbonyl (C=O) groups is 2. The van der Waals surface area contributed by atoms with Crippen LogP contribution >= 0.6 is 12.4 Å². The largest absolute Gasteiger partial charge is 0.352 e. The quantitative estimate of drug-likeness (QED) is 0.495. The van der Waals surface area contributed by atoms with Crippen molar-refractivity contribution in [2.75, 3.05) is 13.1 Å². The zero-order chi connectivity index (χ0) is 16.7. The molecular formula is C17H27ClN4O2. The minimum atomic E-state index is -0.103. The number of halogens is 1. The number of nitrogens with zero attached hydrogens (tertiary/aromatic N) is 2. The van der Waals surface area contributed by atoms with Crippen molar-refractivity contribution in [1.29, 1.82) is 0 Å². The minimum Gasteiger partial charge on any atom is -0.352 e. The van der Waals surface area contributed by atoms with E-state index in [1.807, 2.05) is 29.2 Å². The molecule has 3 N–H and O–H groups in total. The van der Waals surface area contributed by atoms with Gasteiger partial charge >= 0.3 is 6.03 Å². The van der Waals surface area contributed by atoms with Crippen LogP contribution in [-0.4, -0.2) is 34.9 Å². The number of nitrogens with one attached hydrogen (secondary N) is 1. The summed E-state index contributed by atoms with van der Waals surface area (Å²) in [4.78, 5) is 25.1. The fraction of sp³-hybridized carbons (Fsp3) is 0.529. The Morgan fingerprint density at radius 3 is 2.17 bits per heavy atom. The van der Waals surface area contributed by atoms with Gasteiger partial charge in [0.05, 0.1) is 6.54 Å². The van der Waals surface area contributed by atoms with Gasteiger partial charge in [-0.3, -0.25) is 9.80 Å². The average Bonchev–Trinajstić information content (AvgIpc) is 2.82. The van der Waals surface area contributed by atoms with Crippen LogP contribution in [0.5, 0.6) is 0 Å². The highest BCUT2D eigenvalue weighted by atomic mass is 35.5. The van der Waals surface area contributed by atoms with Crippen LogP contribution in [0.3, 0.4) is 0 Å². The Bertz CT molecular complexity index is 528. The molecule has 0 bridgehead atoms. The Morgan fingerprint density at radius 2 is 1.62 bits per heavy atom. The zero-order valence-corrected chi connectivity index (χ0v) is 15.0. The molecule has 1 heterocycles. The van der Waals surface area contributed by atoms with E-state index in [1.165, 1.54) is 24.8 Å². The second-order valence-corrected chi connectivity index (χ2v) is 6.04. The number of hydrogen-bond acceptors (Lipinski definition) is 3. The van der Waals surface area contributed by atoms with Crippen molar-refractivity contribution in [3.63, 3.8) is 0 Å². The third-order valence-electron chi connectivity index (χ3n) is 4.04. The summed E-state index contributed by atoms with van der Waals surface area (Å²) >= 11 is 0. The number of urea groups is 1. The first kappa shape index (κ1) is 20.3. The maximum absolute atomic E-state index is 12.4. The van der Waals surface area contributed by atoms with Crippen molar-refractivity contribution < 1.29 is 9.59 Å². The van der Waals surface area contributed by atoms with Crippen LogP contribution in [0.1, 0.15) is 43.7 Å². The van der Waals surface area contributed by atoms with Gasteiger partial charge < -0.3 is 10.2 Å². The van der Waals surface area contributed by atoms with Gasteiger partial charge in [0.1, 0.15) is 0 Å². The summed E-state index contributed by atoms with van der Waals surface area (Å²) < 4.78 is 0. The number of amides is 3. The number of likely N-dealkylation sites (tertiary alicyclic amines) is 1. The standard InChI is InChI=1S/C17H26N4O2.ClH/c1-14(22)19-12-15-6-8-16(9-7-15)13-21(18)17(23)20-10-4-2-3-5-11-20;/h6-9H,2-5,10-13,18H2,1H3,(H,19,22);1H. The van der Waals surface area contributed by atoms with Crippen LogP contribution in [-0.2, 0) is 17.9 Å². The van der Waals surface area contributed by atoms with Gasteiger partial charge in [-0.05, 0) is 24.0 Å². The summed E-state index contributed by atoms with van der Waals surface area (Å²) in [6, 6.07) is 7.65. The van der Waals surface area contributed by atoms with E-state index in [0.29, 0.717) is 13.1 Å². The number of rotatable bonds is 4. The second kappa shape index (κ2) is 10.2. The van der Waals surface area contributed by atoms with E-state index >= 15 is 0 Å². The maximum Gasteiger partial charge on any atom is 0.334 e. The van der Waals surface area contributed by atoms with Gasteiger partial charge in [0, 0.05) is 26.6 Å². The number of benzene rings is 1. The van der Waals surface area contributed by atoms with Gasteiger partial charge in [-0.15, -0.1) is 12.4 Å². The third-order valence-corrected chi connectivity index (χ3v) is 4.04. The Kier molecular flexibility index (Phi) is 8.57. The SMILES string of the molecule is CC(=O)NCc1ccc(CN(N)C(=O)N2CCCCCC2)cc1.Cl. The van der Waals surface area contributed by atoms with E-state index in [1.54, 1.807) is 0 Å². The molecule has 1 aromatic rings. The van der Waals surface area contributed by atoms with E-state index in [0.717, 1.165) is 37.1 Å². The van der Waals surface area contributed by atoms with Crippen molar-refractivity contribution in [3.8, 4) is 0 Å². The number of hydrazine groups is 1. The first-order valence-corrected chi connectivity index (χ1v) is 8.19. The lowest BCUT2D eigenvalue weighted by Gasteiger charge is -2.26. The second-order valence-electron chi connectivity index (χ2n) is 6.04. The predicted octanol–water partition coefficient (Wildman–Crippen LogP) is 2.42. The Balaban J connectivity index is 0.00000288. The lowest BCUT2D eigenvalue weighted by Crippen LogP contribution is -2.46. The molecule has 2 rings (SSSR count). The predicted molar refractivity (Wildman–Crippen MR) is 96.4 cm³/mol. The molecular weight excluding hydrogens is 328 g/mol. The highest BCUT2D eigenvalue weighted by Gasteiger charge is 2.19. The summed E-state index contributed by atoms with van der Waals surface area (Å²) in [5.74, 6) is 5.90. The van der Waals surface area contributed by atoms with Crippen molar-refractivity contribution in [2.24, 2.45) is 5.84 Å². The molecule has 1 aliphatic heterocycles. The van der Waals surface area contributed by atoms with Crippen LogP contribution in [0.2, 0.25) is 0 Å². The topological polar surface area (TPSA) is 78.7 Å². The van der Waals surface area contributed by atoms with Gasteiger partial charge in [0.2, 0.25) is 5.91 Å². The molecule has 6 nitrogen and oxygen atoms in total. The van der Waals surface area contributed by atoms with E-state index < -0.39 is 0 Å². The lowest BCUT2D eigenvalue weighted by molar-refractivity contribution is -0.119. The van der Waals surface area contributed by atoms with Gasteiger partial charge in [-0.25, -0.2) is 10.6 Å². The molecule has 0 aromatic heterocycles. The van der Waals surface area contributed by atoms with E-state index in [-0.39, 0.29) is 24.3 Å². The monoisotopic (exact) mass is 354 g/mol. The number of nitrogens with two attached hydrogens (primary N) is 1. The summed E-state index contributed by atoms with van der Waals surface area (Å²) in [7, 11) is 0. The number of hydrogen-bond donors (Lipinski definition) is 2.